The number of hydrogen-bond donors (Lipinski definition) is 1. The summed E-state index contributed by atoms with van der Waals surface area (Å²) in [5.41, 5.74) is 2.15. The van der Waals surface area contributed by atoms with Crippen LogP contribution >= 0.6 is 15.9 Å². The van der Waals surface area contributed by atoms with E-state index in [-0.39, 0.29) is 0 Å². The third-order valence-electron chi connectivity index (χ3n) is 1.90. The zero-order valence-corrected chi connectivity index (χ0v) is 8.87. The van der Waals surface area contributed by atoms with Crippen molar-refractivity contribution >= 4 is 21.6 Å². The van der Waals surface area contributed by atoms with Gasteiger partial charge in [-0.3, -0.25) is 0 Å². The molecular formula is C9H10BrN3. The van der Waals surface area contributed by atoms with Gasteiger partial charge in [-0.15, -0.1) is 0 Å². The second-order valence-electron chi connectivity index (χ2n) is 2.86. The maximum Gasteiger partial charge on any atom is 0.136 e. The maximum atomic E-state index is 4.28. The lowest BCUT2D eigenvalue weighted by Crippen LogP contribution is -2.07. The number of hydrogen-bond acceptors (Lipinski definition) is 2. The largest absolute Gasteiger partial charge is 0.314 e. The van der Waals surface area contributed by atoms with E-state index in [1.54, 1.807) is 0 Å². The zero-order valence-electron chi connectivity index (χ0n) is 7.29. The van der Waals surface area contributed by atoms with Crippen molar-refractivity contribution in [1.82, 2.24) is 14.7 Å². The summed E-state index contributed by atoms with van der Waals surface area (Å²) in [7, 11) is 1.93. The van der Waals surface area contributed by atoms with Crippen LogP contribution < -0.4 is 5.32 Å². The molecule has 13 heavy (non-hydrogen) atoms. The Kier molecular flexibility index (Phi) is 2.33. The van der Waals surface area contributed by atoms with Gasteiger partial charge >= 0.3 is 0 Å². The molecule has 0 aromatic carbocycles. The van der Waals surface area contributed by atoms with Crippen LogP contribution in [0, 0.1) is 0 Å². The average Bonchev–Trinajstić information content (AvgIpc) is 2.49. The van der Waals surface area contributed by atoms with E-state index in [2.05, 4.69) is 30.6 Å². The highest BCUT2D eigenvalue weighted by Crippen LogP contribution is 2.13. The van der Waals surface area contributed by atoms with Crippen molar-refractivity contribution in [3.05, 3.63) is 34.7 Å². The monoisotopic (exact) mass is 239 g/mol. The molecule has 0 spiro atoms. The number of aromatic nitrogens is 2. The summed E-state index contributed by atoms with van der Waals surface area (Å²) in [5, 5.41) is 3.11. The molecule has 3 nitrogen and oxygen atoms in total. The molecule has 2 heterocycles. The summed E-state index contributed by atoms with van der Waals surface area (Å²) in [5.74, 6) is 0. The number of fused-ring (bicyclic) bond motifs is 1. The van der Waals surface area contributed by atoms with Crippen LogP contribution in [0.3, 0.4) is 0 Å². The molecule has 0 fully saturated rings. The highest BCUT2D eigenvalue weighted by molar-refractivity contribution is 9.10. The summed E-state index contributed by atoms with van der Waals surface area (Å²) in [4.78, 5) is 4.28. The van der Waals surface area contributed by atoms with Gasteiger partial charge in [0, 0.05) is 17.2 Å². The summed E-state index contributed by atoms with van der Waals surface area (Å²) in [6.07, 6.45) is 3.91. The third kappa shape index (κ3) is 1.59. The topological polar surface area (TPSA) is 29.3 Å². The highest BCUT2D eigenvalue weighted by atomic mass is 79.9. The number of nitrogens with one attached hydrogen (secondary N) is 1. The summed E-state index contributed by atoms with van der Waals surface area (Å²) in [6, 6.07) is 3.98. The number of nitrogens with zero attached hydrogens (tertiary/aromatic N) is 2. The molecule has 2 aromatic heterocycles. The van der Waals surface area contributed by atoms with Crippen LogP contribution in [-0.2, 0) is 6.54 Å². The van der Waals surface area contributed by atoms with Gasteiger partial charge in [-0.05, 0) is 35.1 Å². The minimum absolute atomic E-state index is 0.831. The van der Waals surface area contributed by atoms with E-state index in [9.17, 15) is 0 Å². The van der Waals surface area contributed by atoms with E-state index in [0.29, 0.717) is 0 Å². The van der Waals surface area contributed by atoms with Crippen LogP contribution in [0.5, 0.6) is 0 Å². The van der Waals surface area contributed by atoms with Crippen molar-refractivity contribution < 1.29 is 0 Å². The van der Waals surface area contributed by atoms with Crippen molar-refractivity contribution in [2.45, 2.75) is 6.54 Å². The minimum Gasteiger partial charge on any atom is -0.314 e. The molecule has 0 amide bonds. The number of pyridine rings is 1. The first-order valence-corrected chi connectivity index (χ1v) is 4.86. The van der Waals surface area contributed by atoms with Crippen molar-refractivity contribution in [2.24, 2.45) is 0 Å². The second-order valence-corrected chi connectivity index (χ2v) is 3.77. The van der Waals surface area contributed by atoms with Crippen LogP contribution in [0.4, 0.5) is 0 Å². The zero-order chi connectivity index (χ0) is 9.26. The van der Waals surface area contributed by atoms with Gasteiger partial charge in [0.1, 0.15) is 5.65 Å². The molecule has 0 aliphatic rings. The molecule has 4 heteroatoms. The van der Waals surface area contributed by atoms with E-state index in [1.807, 2.05) is 31.6 Å². The Labute approximate surface area is 84.9 Å². The minimum atomic E-state index is 0.831. The molecule has 0 bridgehead atoms. The molecule has 0 atom stereocenters. The molecule has 1 N–H and O–H groups in total. The molecule has 68 valence electrons. The summed E-state index contributed by atoms with van der Waals surface area (Å²) >= 11 is 3.43. The smallest absolute Gasteiger partial charge is 0.136 e. The Morgan fingerprint density at radius 2 is 2.38 bits per heavy atom. The summed E-state index contributed by atoms with van der Waals surface area (Å²) in [6.45, 7) is 0.831. The van der Waals surface area contributed by atoms with Gasteiger partial charge in [-0.2, -0.15) is 0 Å². The second kappa shape index (κ2) is 3.47. The van der Waals surface area contributed by atoms with Crippen LogP contribution in [0.2, 0.25) is 0 Å². The number of halogens is 1. The van der Waals surface area contributed by atoms with E-state index in [0.717, 1.165) is 16.7 Å². The first kappa shape index (κ1) is 8.72. The van der Waals surface area contributed by atoms with E-state index in [1.165, 1.54) is 5.69 Å². The lowest BCUT2D eigenvalue weighted by Gasteiger charge is -2.00. The van der Waals surface area contributed by atoms with Gasteiger partial charge in [0.05, 0.1) is 11.9 Å². The van der Waals surface area contributed by atoms with Gasteiger partial charge < -0.3 is 9.72 Å². The first-order chi connectivity index (χ1) is 6.31. The lowest BCUT2D eigenvalue weighted by molar-refractivity contribution is 0.782. The molecule has 0 saturated carbocycles. The van der Waals surface area contributed by atoms with Gasteiger partial charge in [0.25, 0.3) is 0 Å². The van der Waals surface area contributed by atoms with Gasteiger partial charge in [0.2, 0.25) is 0 Å². The van der Waals surface area contributed by atoms with E-state index in [4.69, 9.17) is 0 Å². The normalized spacial score (nSPS) is 10.9. The SMILES string of the molecule is CNCc1cnc2ccc(Br)cn12. The van der Waals surface area contributed by atoms with E-state index >= 15 is 0 Å². The predicted molar refractivity (Wildman–Crippen MR) is 55.7 cm³/mol. The molecule has 0 unspecified atom stereocenters. The van der Waals surface area contributed by atoms with Crippen LogP contribution in [0.1, 0.15) is 5.69 Å². The van der Waals surface area contributed by atoms with Crippen molar-refractivity contribution in [3.63, 3.8) is 0 Å². The van der Waals surface area contributed by atoms with Crippen LogP contribution in [0.25, 0.3) is 5.65 Å². The molecule has 2 rings (SSSR count). The Bertz CT molecular complexity index is 422. The molecule has 2 aromatic rings. The maximum absolute atomic E-state index is 4.28. The Hall–Kier alpha value is -0.870. The highest BCUT2D eigenvalue weighted by Gasteiger charge is 2.01. The predicted octanol–water partition coefficient (Wildman–Crippen LogP) is 1.82. The quantitative estimate of drug-likeness (QED) is 0.867. The Morgan fingerprint density at radius 3 is 3.15 bits per heavy atom. The van der Waals surface area contributed by atoms with E-state index < -0.39 is 0 Å². The molecular weight excluding hydrogens is 230 g/mol. The fourth-order valence-corrected chi connectivity index (χ4v) is 1.65. The Morgan fingerprint density at radius 1 is 1.54 bits per heavy atom. The molecule has 0 saturated heterocycles. The Balaban J connectivity index is 2.58. The average molecular weight is 240 g/mol. The van der Waals surface area contributed by atoms with Crippen molar-refractivity contribution in [2.75, 3.05) is 7.05 Å². The molecule has 0 radical (unpaired) electrons. The first-order valence-electron chi connectivity index (χ1n) is 4.07. The van der Waals surface area contributed by atoms with Crippen molar-refractivity contribution in [3.8, 4) is 0 Å². The van der Waals surface area contributed by atoms with Crippen LogP contribution in [0.15, 0.2) is 29.0 Å². The van der Waals surface area contributed by atoms with Gasteiger partial charge in [0.15, 0.2) is 0 Å². The molecule has 0 aliphatic carbocycles. The standard InChI is InChI=1S/C9H10BrN3/c1-11-4-8-5-12-9-3-2-7(10)6-13(8)9/h2-3,5-6,11H,4H2,1H3. The lowest BCUT2D eigenvalue weighted by atomic mass is 10.4. The van der Waals surface area contributed by atoms with Crippen LogP contribution in [-0.4, -0.2) is 16.4 Å². The summed E-state index contributed by atoms with van der Waals surface area (Å²) < 4.78 is 3.14. The fourth-order valence-electron chi connectivity index (χ4n) is 1.32. The number of imidazole rings is 1. The third-order valence-corrected chi connectivity index (χ3v) is 2.37. The molecule has 0 aliphatic heterocycles. The van der Waals surface area contributed by atoms with Gasteiger partial charge in [-0.1, -0.05) is 0 Å². The van der Waals surface area contributed by atoms with Crippen molar-refractivity contribution in [1.29, 1.82) is 0 Å². The van der Waals surface area contributed by atoms with Gasteiger partial charge in [-0.25, -0.2) is 4.98 Å². The fraction of sp³-hybridized carbons (Fsp3) is 0.222. The number of rotatable bonds is 2.